The third-order valence-corrected chi connectivity index (χ3v) is 0.956. The second-order valence-electron chi connectivity index (χ2n) is 2.27. The van der Waals surface area contributed by atoms with Crippen LogP contribution >= 0.6 is 0 Å². The summed E-state index contributed by atoms with van der Waals surface area (Å²) in [5.41, 5.74) is 4.47. The number of nitrogens with two attached hydrogens (primary N) is 1. The van der Waals surface area contributed by atoms with E-state index in [0.717, 1.165) is 0 Å². The molecule has 4 N–H and O–H groups in total. The van der Waals surface area contributed by atoms with Gasteiger partial charge in [-0.25, -0.2) is 0 Å². The number of rotatable bonds is 0. The molecule has 0 bridgehead atoms. The zero-order valence-electron chi connectivity index (χ0n) is 6.33. The van der Waals surface area contributed by atoms with E-state index in [4.69, 9.17) is 5.11 Å². The van der Waals surface area contributed by atoms with Crippen LogP contribution in [0.5, 0.6) is 0 Å². The highest BCUT2D eigenvalue weighted by Crippen LogP contribution is 1.95. The van der Waals surface area contributed by atoms with Crippen LogP contribution in [-0.4, -0.2) is 29.6 Å². The summed E-state index contributed by atoms with van der Waals surface area (Å²) in [5, 5.41) is 11.1. The summed E-state index contributed by atoms with van der Waals surface area (Å²) in [6, 6.07) is 0. The van der Waals surface area contributed by atoms with Crippen LogP contribution in [0.4, 0.5) is 0 Å². The Kier molecular flexibility index (Phi) is 4.21. The normalized spacial score (nSPS) is 21.6. The van der Waals surface area contributed by atoms with Crippen molar-refractivity contribution in [2.75, 3.05) is 6.54 Å². The minimum Gasteiger partial charge on any atom is -0.391 e. The molecule has 0 aromatic rings. The number of nitrogens with one attached hydrogen (secondary N) is 1. The zero-order chi connectivity index (χ0) is 8.85. The first kappa shape index (κ1) is 9.90. The largest absolute Gasteiger partial charge is 0.391 e. The van der Waals surface area contributed by atoms with Gasteiger partial charge in [0.05, 0.1) is 12.5 Å². The minimum absolute atomic E-state index is 0.0486. The van der Waals surface area contributed by atoms with Crippen molar-refractivity contribution >= 4 is 11.8 Å². The molecule has 1 rings (SSSR count). The minimum atomic E-state index is -0.438. The predicted octanol–water partition coefficient (Wildman–Crippen LogP) is -1.64. The van der Waals surface area contributed by atoms with Crippen molar-refractivity contribution in [3.63, 3.8) is 0 Å². The third-order valence-electron chi connectivity index (χ3n) is 0.956. The molecule has 0 saturated carbocycles. The van der Waals surface area contributed by atoms with Gasteiger partial charge in [0.25, 0.3) is 0 Å². The molecule has 1 heterocycles. The highest BCUT2D eigenvalue weighted by atomic mass is 16.3. The monoisotopic (exact) mass is 160 g/mol. The number of carbonyl (C=O) groups excluding carboxylic acids is 2. The van der Waals surface area contributed by atoms with Crippen LogP contribution < -0.4 is 11.1 Å². The quantitative estimate of drug-likeness (QED) is 0.396. The van der Waals surface area contributed by atoms with Gasteiger partial charge in [-0.3, -0.25) is 9.59 Å². The molecule has 1 unspecified atom stereocenters. The van der Waals surface area contributed by atoms with E-state index >= 15 is 0 Å². The van der Waals surface area contributed by atoms with Crippen molar-refractivity contribution in [2.24, 2.45) is 5.73 Å². The van der Waals surface area contributed by atoms with E-state index in [-0.39, 0.29) is 18.2 Å². The molecule has 1 fully saturated rings. The standard InChI is InChI=1S/C4H7NO2.C2H5NO/c6-3-1-4(7)5-2-3;1-2(3)4/h3,6H,1-2H2,(H,5,7);1H3,(H2,3,4). The summed E-state index contributed by atoms with van der Waals surface area (Å²) in [4.78, 5) is 19.4. The Hall–Kier alpha value is -1.10. The zero-order valence-corrected chi connectivity index (χ0v) is 6.33. The van der Waals surface area contributed by atoms with Crippen molar-refractivity contribution in [1.29, 1.82) is 0 Å². The van der Waals surface area contributed by atoms with Crippen molar-refractivity contribution in [3.05, 3.63) is 0 Å². The molecule has 1 aliphatic rings. The molecule has 64 valence electrons. The molecule has 0 spiro atoms. The number of aliphatic hydroxyl groups excluding tert-OH is 1. The van der Waals surface area contributed by atoms with Crippen LogP contribution in [0, 0.1) is 0 Å². The molecule has 0 aliphatic carbocycles. The first-order valence-electron chi connectivity index (χ1n) is 3.23. The van der Waals surface area contributed by atoms with E-state index in [1.807, 2.05) is 0 Å². The van der Waals surface area contributed by atoms with Gasteiger partial charge in [0.1, 0.15) is 0 Å². The summed E-state index contributed by atoms with van der Waals surface area (Å²) >= 11 is 0. The Bertz CT molecular complexity index is 154. The fourth-order valence-electron chi connectivity index (χ4n) is 0.590. The molecule has 11 heavy (non-hydrogen) atoms. The lowest BCUT2D eigenvalue weighted by atomic mass is 10.3. The van der Waals surface area contributed by atoms with Gasteiger partial charge >= 0.3 is 0 Å². The molecule has 1 atom stereocenters. The predicted molar refractivity (Wildman–Crippen MR) is 38.5 cm³/mol. The van der Waals surface area contributed by atoms with E-state index in [2.05, 4.69) is 11.1 Å². The maximum Gasteiger partial charge on any atom is 0.222 e. The van der Waals surface area contributed by atoms with Gasteiger partial charge in [-0.05, 0) is 0 Å². The summed E-state index contributed by atoms with van der Waals surface area (Å²) in [7, 11) is 0. The van der Waals surface area contributed by atoms with E-state index in [1.165, 1.54) is 6.92 Å². The second kappa shape index (κ2) is 4.68. The number of amides is 2. The first-order chi connectivity index (χ1) is 5.02. The smallest absolute Gasteiger partial charge is 0.222 e. The molecule has 1 saturated heterocycles. The maximum atomic E-state index is 10.2. The average molecular weight is 160 g/mol. The molecule has 2 amide bonds. The Morgan fingerprint density at radius 2 is 2.27 bits per heavy atom. The third kappa shape index (κ3) is 6.79. The average Bonchev–Trinajstić information content (AvgIpc) is 2.13. The first-order valence-corrected chi connectivity index (χ1v) is 3.23. The van der Waals surface area contributed by atoms with Crippen LogP contribution in [0.2, 0.25) is 0 Å². The van der Waals surface area contributed by atoms with E-state index in [1.54, 1.807) is 0 Å². The highest BCUT2D eigenvalue weighted by molar-refractivity contribution is 5.78. The van der Waals surface area contributed by atoms with Crippen molar-refractivity contribution in [2.45, 2.75) is 19.4 Å². The summed E-state index contributed by atoms with van der Waals surface area (Å²) < 4.78 is 0. The number of hydrogen-bond acceptors (Lipinski definition) is 3. The fraction of sp³-hybridized carbons (Fsp3) is 0.667. The van der Waals surface area contributed by atoms with Gasteiger partial charge in [-0.1, -0.05) is 0 Å². The van der Waals surface area contributed by atoms with Crippen LogP contribution in [0.1, 0.15) is 13.3 Å². The highest BCUT2D eigenvalue weighted by Gasteiger charge is 2.17. The number of β-amino-alcohol motifs (C(OH)–C–C–N with tert-alkyl or cyclic N) is 1. The number of primary amides is 1. The van der Waals surface area contributed by atoms with Gasteiger partial charge in [-0.15, -0.1) is 0 Å². The van der Waals surface area contributed by atoms with Crippen LogP contribution in [0.3, 0.4) is 0 Å². The summed E-state index contributed by atoms with van der Waals surface area (Å²) in [6.07, 6.45) is -0.160. The molecule has 0 radical (unpaired) electrons. The SMILES string of the molecule is CC(N)=O.O=C1CC(O)CN1. The van der Waals surface area contributed by atoms with E-state index < -0.39 is 6.10 Å². The molecule has 0 aromatic carbocycles. The fourth-order valence-corrected chi connectivity index (χ4v) is 0.590. The van der Waals surface area contributed by atoms with Crippen molar-refractivity contribution < 1.29 is 14.7 Å². The molecular formula is C6H12N2O3. The van der Waals surface area contributed by atoms with Crippen LogP contribution in [-0.2, 0) is 9.59 Å². The summed E-state index contributed by atoms with van der Waals surface area (Å²) in [5.74, 6) is -0.382. The van der Waals surface area contributed by atoms with E-state index in [0.29, 0.717) is 6.54 Å². The van der Waals surface area contributed by atoms with Gasteiger partial charge in [-0.2, -0.15) is 0 Å². The molecular weight excluding hydrogens is 148 g/mol. The van der Waals surface area contributed by atoms with Crippen molar-refractivity contribution in [3.8, 4) is 0 Å². The summed E-state index contributed by atoms with van der Waals surface area (Å²) in [6.45, 7) is 1.73. The molecule has 5 heteroatoms. The van der Waals surface area contributed by atoms with Gasteiger partial charge in [0, 0.05) is 13.5 Å². The Morgan fingerprint density at radius 3 is 2.36 bits per heavy atom. The maximum absolute atomic E-state index is 10.2. The topological polar surface area (TPSA) is 92.4 Å². The lowest BCUT2D eigenvalue weighted by Crippen LogP contribution is -2.14. The van der Waals surface area contributed by atoms with Crippen LogP contribution in [0.25, 0.3) is 0 Å². The van der Waals surface area contributed by atoms with Gasteiger partial charge in [0.15, 0.2) is 0 Å². The number of aliphatic hydroxyl groups is 1. The Morgan fingerprint density at radius 1 is 1.82 bits per heavy atom. The van der Waals surface area contributed by atoms with Crippen LogP contribution in [0.15, 0.2) is 0 Å². The lowest BCUT2D eigenvalue weighted by molar-refractivity contribution is -0.119. The lowest BCUT2D eigenvalue weighted by Gasteiger charge is -1.89. The van der Waals surface area contributed by atoms with Gasteiger partial charge < -0.3 is 16.2 Å². The molecule has 1 aliphatic heterocycles. The van der Waals surface area contributed by atoms with Gasteiger partial charge in [0.2, 0.25) is 11.8 Å². The molecule has 5 nitrogen and oxygen atoms in total. The number of carbonyl (C=O) groups is 2. The Labute approximate surface area is 64.6 Å². The Balaban J connectivity index is 0.000000218. The number of hydrogen-bond donors (Lipinski definition) is 3. The van der Waals surface area contributed by atoms with E-state index in [9.17, 15) is 9.59 Å². The molecule has 0 aromatic heterocycles. The van der Waals surface area contributed by atoms with Crippen molar-refractivity contribution in [1.82, 2.24) is 5.32 Å². The second-order valence-corrected chi connectivity index (χ2v) is 2.27.